The van der Waals surface area contributed by atoms with Gasteiger partial charge in [0.15, 0.2) is 0 Å². The summed E-state index contributed by atoms with van der Waals surface area (Å²) in [6.07, 6.45) is 0. The van der Waals surface area contributed by atoms with Crippen molar-refractivity contribution in [1.29, 1.82) is 0 Å². The van der Waals surface area contributed by atoms with E-state index in [4.69, 9.17) is 0 Å². The number of likely N-dealkylation sites (N-methyl/N-ethyl adjacent to an activating group) is 1. The molecule has 0 aliphatic carbocycles. The average molecular weight is 237 g/mol. The van der Waals surface area contributed by atoms with Gasteiger partial charge in [-0.25, -0.2) is 4.39 Å². The number of benzene rings is 1. The maximum absolute atomic E-state index is 13.1. The van der Waals surface area contributed by atoms with Gasteiger partial charge in [0.05, 0.1) is 0 Å². The Morgan fingerprint density at radius 2 is 2.35 bits per heavy atom. The minimum atomic E-state index is -0.147. The Bertz CT molecular complexity index is 381. The van der Waals surface area contributed by atoms with Crippen LogP contribution in [0.25, 0.3) is 0 Å². The lowest BCUT2D eigenvalue weighted by Crippen LogP contribution is -2.51. The molecule has 1 atom stereocenters. The summed E-state index contributed by atoms with van der Waals surface area (Å²) in [4.78, 5) is 2.32. The van der Waals surface area contributed by atoms with Gasteiger partial charge in [0.25, 0.3) is 0 Å². The Kier molecular flexibility index (Phi) is 3.97. The lowest BCUT2D eigenvalue weighted by atomic mass is 10.2. The molecule has 1 saturated heterocycles. The molecule has 1 fully saturated rings. The lowest BCUT2D eigenvalue weighted by molar-refractivity contribution is 0.244. The van der Waals surface area contributed by atoms with E-state index in [0.29, 0.717) is 11.6 Å². The molecule has 0 bridgehead atoms. The average Bonchev–Trinajstić information content (AvgIpc) is 2.31. The second-order valence-electron chi connectivity index (χ2n) is 4.76. The Balaban J connectivity index is 1.86. The van der Waals surface area contributed by atoms with Gasteiger partial charge in [0, 0.05) is 37.9 Å². The van der Waals surface area contributed by atoms with Crippen LogP contribution >= 0.6 is 0 Å². The van der Waals surface area contributed by atoms with Crippen molar-refractivity contribution in [2.75, 3.05) is 38.5 Å². The van der Waals surface area contributed by atoms with Gasteiger partial charge in [0.2, 0.25) is 0 Å². The molecular weight excluding hydrogens is 217 g/mol. The molecule has 0 aromatic heterocycles. The maximum Gasteiger partial charge on any atom is 0.126 e. The van der Waals surface area contributed by atoms with Gasteiger partial charge >= 0.3 is 0 Å². The molecule has 0 saturated carbocycles. The molecule has 17 heavy (non-hydrogen) atoms. The van der Waals surface area contributed by atoms with Crippen LogP contribution in [0.15, 0.2) is 18.2 Å². The molecule has 1 aromatic carbocycles. The van der Waals surface area contributed by atoms with Crippen LogP contribution in [0.3, 0.4) is 0 Å². The van der Waals surface area contributed by atoms with Crippen LogP contribution < -0.4 is 10.6 Å². The van der Waals surface area contributed by atoms with E-state index in [9.17, 15) is 4.39 Å². The van der Waals surface area contributed by atoms with Crippen molar-refractivity contribution in [3.8, 4) is 0 Å². The number of anilines is 1. The van der Waals surface area contributed by atoms with Crippen LogP contribution in [-0.2, 0) is 0 Å². The maximum atomic E-state index is 13.1. The number of halogens is 1. The summed E-state index contributed by atoms with van der Waals surface area (Å²) in [6, 6.07) is 5.61. The first kappa shape index (κ1) is 12.3. The van der Waals surface area contributed by atoms with Crippen molar-refractivity contribution in [1.82, 2.24) is 10.2 Å². The molecule has 1 unspecified atom stereocenters. The van der Waals surface area contributed by atoms with Gasteiger partial charge in [-0.3, -0.25) is 0 Å². The molecule has 1 aromatic rings. The van der Waals surface area contributed by atoms with E-state index in [1.807, 2.05) is 6.07 Å². The normalized spacial score (nSPS) is 21.5. The first-order valence-corrected chi connectivity index (χ1v) is 6.07. The van der Waals surface area contributed by atoms with Crippen molar-refractivity contribution in [2.45, 2.75) is 13.0 Å². The molecule has 4 heteroatoms. The molecule has 0 radical (unpaired) electrons. The lowest BCUT2D eigenvalue weighted by Gasteiger charge is -2.31. The number of aryl methyl sites for hydroxylation is 1. The van der Waals surface area contributed by atoms with Gasteiger partial charge in [0.1, 0.15) is 5.82 Å². The molecule has 0 amide bonds. The van der Waals surface area contributed by atoms with E-state index in [1.165, 1.54) is 6.07 Å². The van der Waals surface area contributed by atoms with Crippen molar-refractivity contribution in [2.24, 2.45) is 0 Å². The molecule has 1 heterocycles. The fourth-order valence-corrected chi connectivity index (χ4v) is 2.12. The quantitative estimate of drug-likeness (QED) is 0.833. The minimum Gasteiger partial charge on any atom is -0.383 e. The standard InChI is InChI=1S/C13H20FN3/c1-10-7-11(3-4-13(10)14)16-8-12-9-17(2)6-5-15-12/h3-4,7,12,15-16H,5-6,8-9H2,1-2H3. The number of hydrogen-bond donors (Lipinski definition) is 2. The van der Waals surface area contributed by atoms with Gasteiger partial charge in [-0.05, 0) is 37.7 Å². The van der Waals surface area contributed by atoms with Crippen LogP contribution in [-0.4, -0.2) is 44.2 Å². The summed E-state index contributed by atoms with van der Waals surface area (Å²) in [5, 5.41) is 6.81. The minimum absolute atomic E-state index is 0.147. The van der Waals surface area contributed by atoms with Crippen LogP contribution in [0.1, 0.15) is 5.56 Å². The highest BCUT2D eigenvalue weighted by molar-refractivity contribution is 5.46. The van der Waals surface area contributed by atoms with Gasteiger partial charge < -0.3 is 15.5 Å². The van der Waals surface area contributed by atoms with Crippen LogP contribution in [0.2, 0.25) is 0 Å². The summed E-state index contributed by atoms with van der Waals surface area (Å²) < 4.78 is 13.1. The van der Waals surface area contributed by atoms with E-state index < -0.39 is 0 Å². The number of hydrogen-bond acceptors (Lipinski definition) is 3. The Hall–Kier alpha value is -1.13. The third kappa shape index (κ3) is 3.41. The topological polar surface area (TPSA) is 27.3 Å². The fourth-order valence-electron chi connectivity index (χ4n) is 2.12. The van der Waals surface area contributed by atoms with Gasteiger partial charge in [-0.15, -0.1) is 0 Å². The highest BCUT2D eigenvalue weighted by atomic mass is 19.1. The predicted octanol–water partition coefficient (Wildman–Crippen LogP) is 1.45. The second-order valence-corrected chi connectivity index (χ2v) is 4.76. The van der Waals surface area contributed by atoms with Crippen LogP contribution in [0.4, 0.5) is 10.1 Å². The summed E-state index contributed by atoms with van der Waals surface area (Å²) in [6.45, 7) is 5.84. The van der Waals surface area contributed by atoms with E-state index >= 15 is 0 Å². The number of rotatable bonds is 3. The van der Waals surface area contributed by atoms with Crippen molar-refractivity contribution in [3.63, 3.8) is 0 Å². The van der Waals surface area contributed by atoms with Crippen LogP contribution in [0.5, 0.6) is 0 Å². The van der Waals surface area contributed by atoms with Crippen molar-refractivity contribution < 1.29 is 4.39 Å². The second kappa shape index (κ2) is 5.47. The Morgan fingerprint density at radius 3 is 3.06 bits per heavy atom. The highest BCUT2D eigenvalue weighted by Crippen LogP contribution is 2.13. The molecule has 2 rings (SSSR count). The smallest absolute Gasteiger partial charge is 0.126 e. The molecule has 0 spiro atoms. The van der Waals surface area contributed by atoms with E-state index in [-0.39, 0.29) is 5.82 Å². The number of piperazine rings is 1. The van der Waals surface area contributed by atoms with E-state index in [1.54, 1.807) is 13.0 Å². The number of nitrogens with zero attached hydrogens (tertiary/aromatic N) is 1. The van der Waals surface area contributed by atoms with Gasteiger partial charge in [-0.2, -0.15) is 0 Å². The SMILES string of the molecule is Cc1cc(NCC2CN(C)CCN2)ccc1F. The number of nitrogens with one attached hydrogen (secondary N) is 2. The predicted molar refractivity (Wildman–Crippen MR) is 68.9 cm³/mol. The first-order chi connectivity index (χ1) is 8.15. The monoisotopic (exact) mass is 237 g/mol. The van der Waals surface area contributed by atoms with Crippen molar-refractivity contribution >= 4 is 5.69 Å². The fraction of sp³-hybridized carbons (Fsp3) is 0.538. The zero-order chi connectivity index (χ0) is 12.3. The van der Waals surface area contributed by atoms with E-state index in [0.717, 1.165) is 31.9 Å². The molecule has 2 N–H and O–H groups in total. The Labute approximate surface area is 102 Å². The first-order valence-electron chi connectivity index (χ1n) is 6.07. The third-order valence-electron chi connectivity index (χ3n) is 3.17. The zero-order valence-corrected chi connectivity index (χ0v) is 10.5. The third-order valence-corrected chi connectivity index (χ3v) is 3.17. The van der Waals surface area contributed by atoms with Gasteiger partial charge in [-0.1, -0.05) is 0 Å². The van der Waals surface area contributed by atoms with Crippen molar-refractivity contribution in [3.05, 3.63) is 29.6 Å². The molecule has 3 nitrogen and oxygen atoms in total. The summed E-state index contributed by atoms with van der Waals surface area (Å²) in [5.41, 5.74) is 1.67. The molecular formula is C13H20FN3. The molecule has 1 aliphatic rings. The van der Waals surface area contributed by atoms with Crippen LogP contribution in [0, 0.1) is 12.7 Å². The summed E-state index contributed by atoms with van der Waals surface area (Å²) in [5.74, 6) is -0.147. The Morgan fingerprint density at radius 1 is 1.53 bits per heavy atom. The van der Waals surface area contributed by atoms with E-state index in [2.05, 4.69) is 22.6 Å². The summed E-state index contributed by atoms with van der Waals surface area (Å²) in [7, 11) is 2.13. The zero-order valence-electron chi connectivity index (χ0n) is 10.5. The highest BCUT2D eigenvalue weighted by Gasteiger charge is 2.15. The molecule has 1 aliphatic heterocycles. The summed E-state index contributed by atoms with van der Waals surface area (Å²) >= 11 is 0. The molecule has 94 valence electrons. The largest absolute Gasteiger partial charge is 0.383 e.